The van der Waals surface area contributed by atoms with Gasteiger partial charge in [-0.05, 0) is 17.5 Å². The van der Waals surface area contributed by atoms with Crippen LogP contribution in [0.4, 0.5) is 0 Å². The molecular formula is C16H10N2O2. The molecule has 20 heavy (non-hydrogen) atoms. The highest BCUT2D eigenvalue weighted by Crippen LogP contribution is 2.33. The van der Waals surface area contributed by atoms with Gasteiger partial charge in [0.1, 0.15) is 0 Å². The van der Waals surface area contributed by atoms with Gasteiger partial charge in [0.2, 0.25) is 5.78 Å². The van der Waals surface area contributed by atoms with Gasteiger partial charge < -0.3 is 9.97 Å². The van der Waals surface area contributed by atoms with Crippen molar-refractivity contribution in [1.82, 2.24) is 9.97 Å². The molecule has 0 aliphatic carbocycles. The van der Waals surface area contributed by atoms with Gasteiger partial charge in [0.25, 0.3) is 0 Å². The van der Waals surface area contributed by atoms with E-state index in [1.54, 1.807) is 12.1 Å². The van der Waals surface area contributed by atoms with Crippen molar-refractivity contribution in [1.29, 1.82) is 0 Å². The first-order chi connectivity index (χ1) is 9.79. The van der Waals surface area contributed by atoms with Gasteiger partial charge in [-0.1, -0.05) is 18.2 Å². The van der Waals surface area contributed by atoms with Gasteiger partial charge in [-0.15, -0.1) is 0 Å². The van der Waals surface area contributed by atoms with Crippen LogP contribution in [0, 0.1) is 0 Å². The summed E-state index contributed by atoms with van der Waals surface area (Å²) in [5.74, 6) is -0.507. The van der Waals surface area contributed by atoms with Crippen molar-refractivity contribution in [2.75, 3.05) is 0 Å². The van der Waals surface area contributed by atoms with E-state index in [1.165, 1.54) is 0 Å². The zero-order chi connectivity index (χ0) is 13.7. The number of rotatable bonds is 2. The van der Waals surface area contributed by atoms with E-state index in [1.807, 2.05) is 30.6 Å². The Labute approximate surface area is 113 Å². The highest BCUT2D eigenvalue weighted by molar-refractivity contribution is 6.37. The van der Waals surface area contributed by atoms with Gasteiger partial charge in [0.05, 0.1) is 5.52 Å². The normalized spacial score (nSPS) is 11.4. The summed E-state index contributed by atoms with van der Waals surface area (Å²) in [4.78, 5) is 28.8. The number of fused-ring (bicyclic) bond motifs is 5. The highest BCUT2D eigenvalue weighted by atomic mass is 16.2. The van der Waals surface area contributed by atoms with Crippen LogP contribution < -0.4 is 0 Å². The molecule has 4 nitrogen and oxygen atoms in total. The highest BCUT2D eigenvalue weighted by Gasteiger charge is 2.14. The Morgan fingerprint density at radius 1 is 1.05 bits per heavy atom. The summed E-state index contributed by atoms with van der Waals surface area (Å²) in [6, 6.07) is 9.44. The summed E-state index contributed by atoms with van der Waals surface area (Å²) in [7, 11) is 0. The van der Waals surface area contributed by atoms with Crippen molar-refractivity contribution in [3.05, 3.63) is 48.3 Å². The Hall–Kier alpha value is -2.88. The van der Waals surface area contributed by atoms with Crippen LogP contribution in [0.3, 0.4) is 0 Å². The van der Waals surface area contributed by atoms with Crippen molar-refractivity contribution in [2.24, 2.45) is 0 Å². The number of hydrogen-bond donors (Lipinski definition) is 2. The van der Waals surface area contributed by atoms with Crippen LogP contribution in [0.1, 0.15) is 10.4 Å². The molecule has 2 aromatic heterocycles. The molecule has 96 valence electrons. The molecule has 2 aromatic carbocycles. The maximum absolute atomic E-state index is 11.7. The van der Waals surface area contributed by atoms with Crippen LogP contribution in [0.25, 0.3) is 32.6 Å². The lowest BCUT2D eigenvalue weighted by Gasteiger charge is -1.97. The zero-order valence-electron chi connectivity index (χ0n) is 10.4. The lowest BCUT2D eigenvalue weighted by Crippen LogP contribution is -2.00. The third kappa shape index (κ3) is 1.30. The van der Waals surface area contributed by atoms with E-state index in [9.17, 15) is 9.59 Å². The second-order valence-corrected chi connectivity index (χ2v) is 4.78. The van der Waals surface area contributed by atoms with E-state index in [4.69, 9.17) is 0 Å². The summed E-state index contributed by atoms with van der Waals surface area (Å²) in [5.41, 5.74) is 2.09. The van der Waals surface area contributed by atoms with Gasteiger partial charge in [-0.3, -0.25) is 9.59 Å². The van der Waals surface area contributed by atoms with Crippen molar-refractivity contribution < 1.29 is 9.59 Å². The fraction of sp³-hybridized carbons (Fsp3) is 0. The number of hydrogen-bond acceptors (Lipinski definition) is 2. The molecule has 0 atom stereocenters. The van der Waals surface area contributed by atoms with E-state index in [0.29, 0.717) is 17.4 Å². The molecule has 4 heteroatoms. The second-order valence-electron chi connectivity index (χ2n) is 4.78. The third-order valence-electron chi connectivity index (χ3n) is 3.71. The van der Waals surface area contributed by atoms with Crippen LogP contribution in [-0.2, 0) is 4.79 Å². The molecule has 2 heterocycles. The van der Waals surface area contributed by atoms with Crippen LogP contribution in [0.2, 0.25) is 0 Å². The molecule has 0 aliphatic heterocycles. The lowest BCUT2D eigenvalue weighted by molar-refractivity contribution is -0.104. The first kappa shape index (κ1) is 11.0. The van der Waals surface area contributed by atoms with E-state index < -0.39 is 5.78 Å². The van der Waals surface area contributed by atoms with Crippen LogP contribution in [0.15, 0.2) is 42.7 Å². The molecule has 0 fully saturated rings. The van der Waals surface area contributed by atoms with Gasteiger partial charge in [-0.2, -0.15) is 0 Å². The maximum Gasteiger partial charge on any atom is 0.227 e. The Kier molecular flexibility index (Phi) is 2.09. The molecule has 0 saturated heterocycles. The molecule has 4 aromatic rings. The largest absolute Gasteiger partial charge is 0.366 e. The average Bonchev–Trinajstić information content (AvgIpc) is 3.08. The van der Waals surface area contributed by atoms with Crippen LogP contribution in [0.5, 0.6) is 0 Å². The monoisotopic (exact) mass is 262 g/mol. The molecule has 0 aliphatic rings. The van der Waals surface area contributed by atoms with E-state index in [0.717, 1.165) is 27.1 Å². The third-order valence-corrected chi connectivity index (χ3v) is 3.71. The molecule has 0 bridgehead atoms. The van der Waals surface area contributed by atoms with Gasteiger partial charge in [0.15, 0.2) is 6.29 Å². The second kappa shape index (κ2) is 3.81. The lowest BCUT2D eigenvalue weighted by atomic mass is 10.0. The number of nitrogens with one attached hydrogen (secondary N) is 2. The molecule has 4 rings (SSSR count). The number of Topliss-reactive ketones (excluding diaryl/α,β-unsaturated/α-hetero) is 1. The summed E-state index contributed by atoms with van der Waals surface area (Å²) in [5, 5.41) is 4.24. The number of H-pyrrole nitrogens is 2. The van der Waals surface area contributed by atoms with Crippen LogP contribution in [-0.4, -0.2) is 22.0 Å². The number of aldehydes is 1. The summed E-state index contributed by atoms with van der Waals surface area (Å²) >= 11 is 0. The number of carbonyl (C=O) groups is 2. The van der Waals surface area contributed by atoms with Crippen LogP contribution >= 0.6 is 0 Å². The van der Waals surface area contributed by atoms with Gasteiger partial charge in [0, 0.05) is 39.6 Å². The minimum Gasteiger partial charge on any atom is -0.366 e. The number of benzene rings is 2. The number of carbonyl (C=O) groups excluding carboxylic acids is 2. The fourth-order valence-corrected chi connectivity index (χ4v) is 2.82. The standard InChI is InChI=1S/C16H10N2O2/c19-8-14(20)10-2-1-3-11-15-12-7-17-6-9(12)4-5-13(15)18-16(10)11/h1-8,17-18H. The maximum atomic E-state index is 11.7. The summed E-state index contributed by atoms with van der Waals surface area (Å²) < 4.78 is 0. The van der Waals surface area contributed by atoms with E-state index >= 15 is 0 Å². The predicted molar refractivity (Wildman–Crippen MR) is 78.1 cm³/mol. The number of aromatic amines is 2. The molecule has 0 unspecified atom stereocenters. The Morgan fingerprint density at radius 2 is 1.95 bits per heavy atom. The van der Waals surface area contributed by atoms with Gasteiger partial charge in [-0.25, -0.2) is 0 Å². The predicted octanol–water partition coefficient (Wildman–Crippen LogP) is 3.18. The van der Waals surface area contributed by atoms with Gasteiger partial charge >= 0.3 is 0 Å². The molecule has 0 spiro atoms. The Bertz CT molecular complexity index is 992. The van der Waals surface area contributed by atoms with Crippen molar-refractivity contribution in [2.45, 2.75) is 0 Å². The average molecular weight is 262 g/mol. The first-order valence-electron chi connectivity index (χ1n) is 6.29. The Morgan fingerprint density at radius 3 is 2.80 bits per heavy atom. The van der Waals surface area contributed by atoms with E-state index in [-0.39, 0.29) is 0 Å². The molecule has 2 N–H and O–H groups in total. The molecule has 0 saturated carbocycles. The number of aromatic nitrogens is 2. The first-order valence-corrected chi connectivity index (χ1v) is 6.29. The quantitative estimate of drug-likeness (QED) is 0.331. The fourth-order valence-electron chi connectivity index (χ4n) is 2.82. The number of ketones is 1. The minimum absolute atomic E-state index is 0.353. The molecule has 0 amide bonds. The Balaban J connectivity index is 2.25. The molecular weight excluding hydrogens is 252 g/mol. The molecule has 0 radical (unpaired) electrons. The van der Waals surface area contributed by atoms with E-state index in [2.05, 4.69) is 9.97 Å². The SMILES string of the molecule is O=CC(=O)c1cccc2c1[nH]c1ccc3c[nH]cc3c12. The summed E-state index contributed by atoms with van der Waals surface area (Å²) in [6.45, 7) is 0. The minimum atomic E-state index is -0.507. The zero-order valence-corrected chi connectivity index (χ0v) is 10.4. The van der Waals surface area contributed by atoms with Crippen molar-refractivity contribution in [3.8, 4) is 0 Å². The number of para-hydroxylation sites is 1. The summed E-state index contributed by atoms with van der Waals surface area (Å²) in [6.07, 6.45) is 4.24. The van der Waals surface area contributed by atoms with Crippen molar-refractivity contribution >= 4 is 44.6 Å². The smallest absolute Gasteiger partial charge is 0.227 e. The van der Waals surface area contributed by atoms with Crippen molar-refractivity contribution in [3.63, 3.8) is 0 Å². The topological polar surface area (TPSA) is 65.7 Å².